The molecule has 1 amide bonds. The van der Waals surface area contributed by atoms with Gasteiger partial charge in [-0.3, -0.25) is 4.90 Å². The van der Waals surface area contributed by atoms with Crippen LogP contribution < -0.4 is 5.11 Å². The molecule has 1 heterocycles. The second kappa shape index (κ2) is 6.60. The summed E-state index contributed by atoms with van der Waals surface area (Å²) < 4.78 is 5.38. The Balaban J connectivity index is 2.17. The normalized spacial score (nSPS) is 21.3. The molecule has 1 saturated heterocycles. The van der Waals surface area contributed by atoms with Crippen LogP contribution in [0.4, 0.5) is 4.79 Å². The summed E-state index contributed by atoms with van der Waals surface area (Å²) in [5.74, 6) is -1.20. The number of carboxylic acids is 1. The molecule has 0 aromatic heterocycles. The highest BCUT2D eigenvalue weighted by atomic mass is 16.6. The number of carbonyl (C=O) groups is 2. The molecule has 0 N–H and O–H groups in total. The first-order valence-corrected chi connectivity index (χ1v) is 8.01. The van der Waals surface area contributed by atoms with Gasteiger partial charge in [0, 0.05) is 6.54 Å². The molecular formula is C18H24NO4-. The van der Waals surface area contributed by atoms with Crippen LogP contribution in [0.25, 0.3) is 0 Å². The minimum Gasteiger partial charge on any atom is -0.548 e. The molecule has 1 aromatic rings. The topological polar surface area (TPSA) is 69.7 Å². The molecule has 126 valence electrons. The van der Waals surface area contributed by atoms with Crippen molar-refractivity contribution >= 4 is 12.1 Å². The largest absolute Gasteiger partial charge is 0.548 e. The van der Waals surface area contributed by atoms with Gasteiger partial charge in [0.15, 0.2) is 0 Å². The van der Waals surface area contributed by atoms with E-state index in [1.807, 2.05) is 30.3 Å². The van der Waals surface area contributed by atoms with E-state index in [2.05, 4.69) is 0 Å². The Hall–Kier alpha value is -2.04. The number of aliphatic carboxylic acids is 1. The van der Waals surface area contributed by atoms with Crippen molar-refractivity contribution in [2.24, 2.45) is 0 Å². The van der Waals surface area contributed by atoms with E-state index in [-0.39, 0.29) is 0 Å². The number of aryl methyl sites for hydroxylation is 1. The van der Waals surface area contributed by atoms with Gasteiger partial charge in [-0.1, -0.05) is 30.3 Å². The lowest BCUT2D eigenvalue weighted by atomic mass is 9.88. The number of hydrogen-bond acceptors (Lipinski definition) is 4. The predicted molar refractivity (Wildman–Crippen MR) is 84.7 cm³/mol. The summed E-state index contributed by atoms with van der Waals surface area (Å²) in [5.41, 5.74) is -0.890. The average Bonchev–Trinajstić information content (AvgIpc) is 2.90. The number of rotatable bonds is 4. The third-order valence-electron chi connectivity index (χ3n) is 4.15. The third-order valence-corrected chi connectivity index (χ3v) is 4.15. The van der Waals surface area contributed by atoms with E-state index >= 15 is 0 Å². The Labute approximate surface area is 137 Å². The first-order chi connectivity index (χ1) is 10.7. The molecule has 0 saturated carbocycles. The number of likely N-dealkylation sites (tertiary alicyclic amines) is 1. The molecule has 0 aliphatic carbocycles. The lowest BCUT2D eigenvalue weighted by molar-refractivity contribution is -0.318. The predicted octanol–water partition coefficient (Wildman–Crippen LogP) is 2.14. The zero-order valence-electron chi connectivity index (χ0n) is 14.0. The smallest absolute Gasteiger partial charge is 0.411 e. The average molecular weight is 318 g/mol. The van der Waals surface area contributed by atoms with Crippen molar-refractivity contribution in [2.45, 2.75) is 57.6 Å². The van der Waals surface area contributed by atoms with E-state index in [1.165, 1.54) is 4.90 Å². The Kier molecular flexibility index (Phi) is 4.97. The molecule has 1 aliphatic heterocycles. The van der Waals surface area contributed by atoms with Gasteiger partial charge in [0.25, 0.3) is 0 Å². The summed E-state index contributed by atoms with van der Waals surface area (Å²) in [7, 11) is 0. The van der Waals surface area contributed by atoms with Crippen LogP contribution in [-0.2, 0) is 16.0 Å². The van der Waals surface area contributed by atoms with Gasteiger partial charge in [0.2, 0.25) is 0 Å². The van der Waals surface area contributed by atoms with E-state index in [4.69, 9.17) is 4.74 Å². The summed E-state index contributed by atoms with van der Waals surface area (Å²) in [6.45, 7) is 5.70. The van der Waals surface area contributed by atoms with Gasteiger partial charge >= 0.3 is 6.09 Å². The first kappa shape index (κ1) is 17.3. The lowest BCUT2D eigenvalue weighted by Crippen LogP contribution is -2.59. The number of ether oxygens (including phenoxy) is 1. The molecule has 0 unspecified atom stereocenters. The summed E-state index contributed by atoms with van der Waals surface area (Å²) in [5, 5.41) is 11.9. The maximum Gasteiger partial charge on any atom is 0.411 e. The molecule has 5 nitrogen and oxygen atoms in total. The molecule has 1 aromatic carbocycles. The van der Waals surface area contributed by atoms with Crippen LogP contribution in [0.3, 0.4) is 0 Å². The minimum atomic E-state index is -1.28. The Morgan fingerprint density at radius 3 is 2.48 bits per heavy atom. The van der Waals surface area contributed by atoms with Crippen LogP contribution in [0.2, 0.25) is 0 Å². The van der Waals surface area contributed by atoms with Crippen LogP contribution in [0.1, 0.15) is 45.6 Å². The van der Waals surface area contributed by atoms with Gasteiger partial charge in [0.1, 0.15) is 5.60 Å². The Morgan fingerprint density at radius 2 is 1.91 bits per heavy atom. The number of hydrogen-bond donors (Lipinski definition) is 0. The fourth-order valence-corrected chi connectivity index (χ4v) is 3.03. The fourth-order valence-electron chi connectivity index (χ4n) is 3.03. The number of carbonyl (C=O) groups excluding carboxylic acids is 2. The number of benzene rings is 1. The zero-order valence-corrected chi connectivity index (χ0v) is 14.0. The highest BCUT2D eigenvalue weighted by molar-refractivity contribution is 5.84. The molecule has 2 rings (SSSR count). The molecular weight excluding hydrogens is 294 g/mol. The zero-order chi connectivity index (χ0) is 17.1. The van der Waals surface area contributed by atoms with Crippen molar-refractivity contribution in [3.8, 4) is 0 Å². The van der Waals surface area contributed by atoms with Crippen molar-refractivity contribution in [1.82, 2.24) is 4.90 Å². The van der Waals surface area contributed by atoms with Gasteiger partial charge in [-0.25, -0.2) is 4.79 Å². The Morgan fingerprint density at radius 1 is 1.26 bits per heavy atom. The quantitative estimate of drug-likeness (QED) is 0.853. The second-order valence-corrected chi connectivity index (χ2v) is 7.04. The van der Waals surface area contributed by atoms with Gasteiger partial charge in [-0.2, -0.15) is 0 Å². The van der Waals surface area contributed by atoms with E-state index in [0.717, 1.165) is 5.56 Å². The van der Waals surface area contributed by atoms with Crippen molar-refractivity contribution in [3.05, 3.63) is 35.9 Å². The first-order valence-electron chi connectivity index (χ1n) is 8.01. The molecule has 0 radical (unpaired) electrons. The van der Waals surface area contributed by atoms with E-state index < -0.39 is 23.2 Å². The number of carboxylic acid groups (broad SMARTS) is 1. The monoisotopic (exact) mass is 318 g/mol. The summed E-state index contributed by atoms with van der Waals surface area (Å²) in [6, 6.07) is 9.66. The highest BCUT2D eigenvalue weighted by Crippen LogP contribution is 2.34. The van der Waals surface area contributed by atoms with Crippen molar-refractivity contribution in [2.75, 3.05) is 6.54 Å². The second-order valence-electron chi connectivity index (χ2n) is 7.04. The van der Waals surface area contributed by atoms with Crippen molar-refractivity contribution < 1.29 is 19.4 Å². The summed E-state index contributed by atoms with van der Waals surface area (Å²) in [4.78, 5) is 25.6. The number of amides is 1. The Bertz CT molecular complexity index is 564. The van der Waals surface area contributed by atoms with Crippen LogP contribution in [0.5, 0.6) is 0 Å². The lowest BCUT2D eigenvalue weighted by Gasteiger charge is -2.40. The SMILES string of the molecule is CC(C)(C)OC(=O)N1CCC[C@]1(CCc1ccccc1)C(=O)[O-]. The molecule has 5 heteroatoms. The molecule has 1 atom stereocenters. The van der Waals surface area contributed by atoms with Gasteiger partial charge in [-0.05, 0) is 52.0 Å². The minimum absolute atomic E-state index is 0.332. The van der Waals surface area contributed by atoms with Crippen molar-refractivity contribution in [3.63, 3.8) is 0 Å². The molecule has 23 heavy (non-hydrogen) atoms. The number of nitrogens with zero attached hydrogens (tertiary/aromatic N) is 1. The van der Waals surface area contributed by atoms with Gasteiger partial charge in [-0.15, -0.1) is 0 Å². The van der Waals surface area contributed by atoms with Crippen molar-refractivity contribution in [1.29, 1.82) is 0 Å². The van der Waals surface area contributed by atoms with Gasteiger partial charge < -0.3 is 14.6 Å². The summed E-state index contributed by atoms with van der Waals surface area (Å²) >= 11 is 0. The molecule has 0 spiro atoms. The van der Waals surface area contributed by atoms with Crippen LogP contribution in [0, 0.1) is 0 Å². The van der Waals surface area contributed by atoms with E-state index in [0.29, 0.717) is 32.2 Å². The van der Waals surface area contributed by atoms with E-state index in [9.17, 15) is 14.7 Å². The summed E-state index contributed by atoms with van der Waals surface area (Å²) in [6.07, 6.45) is 1.38. The highest BCUT2D eigenvalue weighted by Gasteiger charge is 2.46. The maximum absolute atomic E-state index is 12.4. The molecule has 0 bridgehead atoms. The fraction of sp³-hybridized carbons (Fsp3) is 0.556. The van der Waals surface area contributed by atoms with E-state index in [1.54, 1.807) is 20.8 Å². The standard InChI is InChI=1S/C18H25NO4/c1-17(2,3)23-16(22)19-13-7-11-18(19,15(20)21)12-10-14-8-5-4-6-9-14/h4-6,8-9H,7,10-13H2,1-3H3,(H,20,21)/p-1/t18-/m0/s1. The van der Waals surface area contributed by atoms with Gasteiger partial charge in [0.05, 0.1) is 11.5 Å². The molecule has 1 fully saturated rings. The van der Waals surface area contributed by atoms with Crippen LogP contribution in [-0.4, -0.2) is 34.6 Å². The maximum atomic E-state index is 12.4. The third kappa shape index (κ3) is 4.03. The molecule has 1 aliphatic rings. The van der Waals surface area contributed by atoms with Crippen LogP contribution >= 0.6 is 0 Å². The van der Waals surface area contributed by atoms with Crippen LogP contribution in [0.15, 0.2) is 30.3 Å².